The van der Waals surface area contributed by atoms with Gasteiger partial charge in [0.05, 0.1) is 0 Å². The zero-order valence-electron chi connectivity index (χ0n) is 8.23. The van der Waals surface area contributed by atoms with Gasteiger partial charge in [0.1, 0.15) is 5.82 Å². The van der Waals surface area contributed by atoms with E-state index in [9.17, 15) is 4.39 Å². The average Bonchev–Trinajstić information content (AvgIpc) is 2.25. The van der Waals surface area contributed by atoms with Crippen LogP contribution in [0.25, 0.3) is 0 Å². The molecule has 76 valence electrons. The summed E-state index contributed by atoms with van der Waals surface area (Å²) in [5, 5.41) is 0. The van der Waals surface area contributed by atoms with Crippen LogP contribution in [-0.4, -0.2) is 0 Å². The van der Waals surface area contributed by atoms with Gasteiger partial charge in [0.2, 0.25) is 0 Å². The Kier molecular flexibility index (Phi) is 2.63. The summed E-state index contributed by atoms with van der Waals surface area (Å²) in [6.07, 6.45) is 3.80. The highest BCUT2D eigenvalue weighted by Crippen LogP contribution is 2.02. The fraction of sp³-hybridized carbons (Fsp3) is 0.0833. The largest absolute Gasteiger partial charge is 0.398 e. The van der Waals surface area contributed by atoms with E-state index in [0.717, 1.165) is 17.8 Å². The van der Waals surface area contributed by atoms with E-state index in [2.05, 4.69) is 0 Å². The number of hydrogen-bond donors (Lipinski definition) is 1. The molecule has 0 atom stereocenters. The molecule has 0 amide bonds. The number of hydrogen-bond acceptors (Lipinski definition) is 1. The Labute approximate surface area is 87.8 Å². The predicted octanol–water partition coefficient (Wildman–Crippen LogP) is 1.74. The van der Waals surface area contributed by atoms with Gasteiger partial charge in [-0.15, -0.1) is 0 Å². The van der Waals surface area contributed by atoms with Crippen LogP contribution >= 0.6 is 0 Å². The third-order valence-electron chi connectivity index (χ3n) is 2.20. The summed E-state index contributed by atoms with van der Waals surface area (Å²) in [5.41, 5.74) is 7.38. The number of anilines is 1. The second kappa shape index (κ2) is 4.09. The fourth-order valence-electron chi connectivity index (χ4n) is 1.37. The van der Waals surface area contributed by atoms with Crippen molar-refractivity contribution in [2.75, 3.05) is 5.73 Å². The van der Waals surface area contributed by atoms with Crippen LogP contribution in [0.1, 0.15) is 5.56 Å². The van der Waals surface area contributed by atoms with Crippen molar-refractivity contribution in [3.05, 3.63) is 60.2 Å². The van der Waals surface area contributed by atoms with E-state index >= 15 is 0 Å². The van der Waals surface area contributed by atoms with Crippen LogP contribution in [0.4, 0.5) is 10.1 Å². The predicted molar refractivity (Wildman–Crippen MR) is 56.6 cm³/mol. The Bertz CT molecular complexity index is 391. The first-order valence-corrected chi connectivity index (χ1v) is 4.73. The molecule has 0 unspecified atom stereocenters. The molecule has 1 aromatic carbocycles. The maximum atomic E-state index is 12.7. The van der Waals surface area contributed by atoms with E-state index in [4.69, 9.17) is 5.73 Å². The lowest BCUT2D eigenvalue weighted by Gasteiger charge is -1.97. The van der Waals surface area contributed by atoms with E-state index in [1.54, 1.807) is 12.1 Å². The topological polar surface area (TPSA) is 29.9 Å². The molecule has 1 heterocycles. The third kappa shape index (κ3) is 2.53. The number of nitrogens with two attached hydrogens (primary N) is 1. The van der Waals surface area contributed by atoms with Crippen LogP contribution in [0.3, 0.4) is 0 Å². The van der Waals surface area contributed by atoms with Gasteiger partial charge in [-0.25, -0.2) is 8.96 Å². The Morgan fingerprint density at radius 3 is 2.20 bits per heavy atom. The van der Waals surface area contributed by atoms with E-state index in [0.29, 0.717) is 0 Å². The lowest BCUT2D eigenvalue weighted by molar-refractivity contribution is -0.688. The number of nitrogen functional groups attached to an aromatic ring is 1. The zero-order chi connectivity index (χ0) is 10.7. The van der Waals surface area contributed by atoms with Gasteiger partial charge in [-0.2, -0.15) is 0 Å². The summed E-state index contributed by atoms with van der Waals surface area (Å²) in [6, 6.07) is 10.2. The molecular formula is C12H12FN2+. The smallest absolute Gasteiger partial charge is 0.173 e. The molecule has 0 aliphatic carbocycles. The molecular weight excluding hydrogens is 191 g/mol. The summed E-state index contributed by atoms with van der Waals surface area (Å²) in [6.45, 7) is 0.723. The number of nitrogens with zero attached hydrogens (tertiary/aromatic N) is 1. The van der Waals surface area contributed by atoms with Crippen molar-refractivity contribution in [1.82, 2.24) is 0 Å². The molecule has 0 bridgehead atoms. The highest BCUT2D eigenvalue weighted by molar-refractivity contribution is 5.32. The molecule has 0 saturated carbocycles. The molecule has 2 N–H and O–H groups in total. The Balaban J connectivity index is 2.15. The van der Waals surface area contributed by atoms with Crippen molar-refractivity contribution in [2.24, 2.45) is 0 Å². The van der Waals surface area contributed by atoms with Crippen LogP contribution < -0.4 is 10.3 Å². The molecule has 3 heteroatoms. The molecule has 15 heavy (non-hydrogen) atoms. The second-order valence-corrected chi connectivity index (χ2v) is 3.43. The van der Waals surface area contributed by atoms with Gasteiger partial charge in [0.25, 0.3) is 0 Å². The zero-order valence-corrected chi connectivity index (χ0v) is 8.23. The molecule has 1 aromatic heterocycles. The van der Waals surface area contributed by atoms with Gasteiger partial charge < -0.3 is 5.73 Å². The highest BCUT2D eigenvalue weighted by atomic mass is 19.1. The minimum Gasteiger partial charge on any atom is -0.398 e. The number of aromatic nitrogens is 1. The molecule has 2 nitrogen and oxygen atoms in total. The summed E-state index contributed by atoms with van der Waals surface area (Å²) in [5.74, 6) is -0.207. The highest BCUT2D eigenvalue weighted by Gasteiger charge is 2.01. The van der Waals surface area contributed by atoms with Gasteiger partial charge in [-0.1, -0.05) is 0 Å². The molecule has 0 aliphatic heterocycles. The minimum absolute atomic E-state index is 0.207. The Morgan fingerprint density at radius 2 is 1.60 bits per heavy atom. The molecule has 0 fully saturated rings. The molecule has 2 rings (SSSR count). The summed E-state index contributed by atoms with van der Waals surface area (Å²) in [4.78, 5) is 0. The van der Waals surface area contributed by atoms with E-state index in [1.165, 1.54) is 12.1 Å². The first kappa shape index (κ1) is 9.65. The molecule has 2 aromatic rings. The summed E-state index contributed by atoms with van der Waals surface area (Å²) < 4.78 is 14.6. The molecule has 0 aliphatic rings. The quantitative estimate of drug-likeness (QED) is 0.740. The van der Waals surface area contributed by atoms with Gasteiger partial charge in [-0.05, 0) is 24.3 Å². The lowest BCUT2D eigenvalue weighted by atomic mass is 10.2. The van der Waals surface area contributed by atoms with E-state index in [1.807, 2.05) is 29.1 Å². The second-order valence-electron chi connectivity index (χ2n) is 3.43. The Morgan fingerprint density at radius 1 is 1.00 bits per heavy atom. The van der Waals surface area contributed by atoms with E-state index in [-0.39, 0.29) is 5.82 Å². The van der Waals surface area contributed by atoms with Gasteiger partial charge in [0, 0.05) is 23.4 Å². The van der Waals surface area contributed by atoms with Crippen molar-refractivity contribution in [1.29, 1.82) is 0 Å². The fourth-order valence-corrected chi connectivity index (χ4v) is 1.37. The van der Waals surface area contributed by atoms with Crippen LogP contribution in [0, 0.1) is 5.82 Å². The van der Waals surface area contributed by atoms with Gasteiger partial charge in [0.15, 0.2) is 18.9 Å². The maximum Gasteiger partial charge on any atom is 0.173 e. The number of pyridine rings is 1. The first-order chi connectivity index (χ1) is 7.24. The first-order valence-electron chi connectivity index (χ1n) is 4.73. The van der Waals surface area contributed by atoms with Crippen LogP contribution in [-0.2, 0) is 6.54 Å². The average molecular weight is 203 g/mol. The third-order valence-corrected chi connectivity index (χ3v) is 2.20. The summed E-state index contributed by atoms with van der Waals surface area (Å²) >= 11 is 0. The van der Waals surface area contributed by atoms with Crippen molar-refractivity contribution in [2.45, 2.75) is 6.54 Å². The van der Waals surface area contributed by atoms with Crippen molar-refractivity contribution in [3.63, 3.8) is 0 Å². The van der Waals surface area contributed by atoms with Crippen LogP contribution in [0.2, 0.25) is 0 Å². The lowest BCUT2D eigenvalue weighted by Crippen LogP contribution is -2.33. The van der Waals surface area contributed by atoms with E-state index < -0.39 is 0 Å². The monoisotopic (exact) mass is 203 g/mol. The number of benzene rings is 1. The normalized spacial score (nSPS) is 10.2. The number of rotatable bonds is 2. The molecule has 0 radical (unpaired) electrons. The molecule has 0 saturated heterocycles. The van der Waals surface area contributed by atoms with Crippen molar-refractivity contribution < 1.29 is 8.96 Å². The standard InChI is InChI=1S/C12H11FN2/c13-11-3-1-10(2-4-11)9-15-7-5-12(14)6-8-15/h1-8,14H,9H2/p+1. The maximum absolute atomic E-state index is 12.7. The van der Waals surface area contributed by atoms with Gasteiger partial charge in [-0.3, -0.25) is 0 Å². The Hall–Kier alpha value is -1.90. The SMILES string of the molecule is Nc1cc[n+](Cc2ccc(F)cc2)cc1. The number of halogens is 1. The van der Waals surface area contributed by atoms with Gasteiger partial charge >= 0.3 is 0 Å². The van der Waals surface area contributed by atoms with Crippen LogP contribution in [0.15, 0.2) is 48.8 Å². The molecule has 0 spiro atoms. The van der Waals surface area contributed by atoms with Crippen LogP contribution in [0.5, 0.6) is 0 Å². The summed E-state index contributed by atoms with van der Waals surface area (Å²) in [7, 11) is 0. The van der Waals surface area contributed by atoms with Crippen molar-refractivity contribution in [3.8, 4) is 0 Å². The minimum atomic E-state index is -0.207. The van der Waals surface area contributed by atoms with Crippen molar-refractivity contribution >= 4 is 5.69 Å².